The van der Waals surface area contributed by atoms with Gasteiger partial charge in [0, 0.05) is 36.0 Å². The number of likely N-dealkylation sites (N-methyl/N-ethyl adjacent to an activating group) is 1. The SMILES string of the molecule is CSc1cc(C2=NCCN2C)ccc1C1=NOC(CNC(=O)C2=CCC(Cl)S2)C1. The van der Waals surface area contributed by atoms with Gasteiger partial charge >= 0.3 is 0 Å². The van der Waals surface area contributed by atoms with Gasteiger partial charge in [0.05, 0.1) is 28.4 Å². The maximum Gasteiger partial charge on any atom is 0.257 e. The Labute approximate surface area is 184 Å². The predicted octanol–water partition coefficient (Wildman–Crippen LogP) is 3.30. The van der Waals surface area contributed by atoms with Crippen molar-refractivity contribution in [1.29, 1.82) is 0 Å². The predicted molar refractivity (Wildman–Crippen MR) is 121 cm³/mol. The number of aliphatic imine (C=N–C) groups is 1. The number of nitrogens with one attached hydrogen (secondary N) is 1. The molecule has 1 N–H and O–H groups in total. The molecule has 3 aliphatic rings. The molecule has 0 spiro atoms. The Balaban J connectivity index is 1.38. The van der Waals surface area contributed by atoms with E-state index in [1.54, 1.807) is 11.8 Å². The maximum absolute atomic E-state index is 12.2. The molecule has 3 aliphatic heterocycles. The van der Waals surface area contributed by atoms with Crippen LogP contribution in [0, 0.1) is 0 Å². The molecule has 29 heavy (non-hydrogen) atoms. The van der Waals surface area contributed by atoms with Crippen molar-refractivity contribution in [3.8, 4) is 0 Å². The Morgan fingerprint density at radius 1 is 1.48 bits per heavy atom. The lowest BCUT2D eigenvalue weighted by Gasteiger charge is -2.16. The van der Waals surface area contributed by atoms with E-state index >= 15 is 0 Å². The van der Waals surface area contributed by atoms with Crippen LogP contribution in [0.4, 0.5) is 0 Å². The number of carbonyl (C=O) groups excluding carboxylic acids is 1. The number of alkyl halides is 1. The number of rotatable bonds is 6. The van der Waals surface area contributed by atoms with Crippen LogP contribution in [0.25, 0.3) is 0 Å². The number of benzene rings is 1. The molecule has 3 heterocycles. The molecular weight excluding hydrogens is 428 g/mol. The van der Waals surface area contributed by atoms with E-state index in [-0.39, 0.29) is 16.7 Å². The van der Waals surface area contributed by atoms with Crippen molar-refractivity contribution >= 4 is 52.6 Å². The molecule has 0 fully saturated rings. The first-order chi connectivity index (χ1) is 14.0. The van der Waals surface area contributed by atoms with Crippen molar-refractivity contribution in [1.82, 2.24) is 10.2 Å². The standard InChI is InChI=1S/C20H23ClN4O2S2/c1-25-8-7-22-19(25)12-3-4-14(17(9-12)28-2)15-10-13(27-24-15)11-23-20(26)16-5-6-18(21)29-16/h3-5,9,13,18H,6-8,10-11H2,1-2H3,(H,23,26). The maximum atomic E-state index is 12.2. The van der Waals surface area contributed by atoms with Crippen molar-refractivity contribution in [2.75, 3.05) is 32.9 Å². The van der Waals surface area contributed by atoms with Gasteiger partial charge in [-0.25, -0.2) is 0 Å². The number of oxime groups is 1. The van der Waals surface area contributed by atoms with Gasteiger partial charge in [0.2, 0.25) is 0 Å². The van der Waals surface area contributed by atoms with Gasteiger partial charge in [-0.05, 0) is 18.7 Å². The second kappa shape index (κ2) is 9.02. The van der Waals surface area contributed by atoms with Crippen molar-refractivity contribution in [3.05, 3.63) is 40.3 Å². The molecule has 2 atom stereocenters. The molecule has 1 aromatic carbocycles. The molecule has 1 amide bonds. The molecule has 0 aliphatic carbocycles. The molecule has 154 valence electrons. The Bertz CT molecular complexity index is 902. The average molecular weight is 451 g/mol. The lowest BCUT2D eigenvalue weighted by atomic mass is 10.0. The smallest absolute Gasteiger partial charge is 0.257 e. The summed E-state index contributed by atoms with van der Waals surface area (Å²) in [6.07, 6.45) is 5.17. The van der Waals surface area contributed by atoms with Gasteiger partial charge in [0.15, 0.2) is 0 Å². The van der Waals surface area contributed by atoms with Gasteiger partial charge in [0.25, 0.3) is 5.91 Å². The number of hydrogen-bond donors (Lipinski definition) is 1. The van der Waals surface area contributed by atoms with E-state index in [0.717, 1.165) is 47.1 Å². The number of thioether (sulfide) groups is 2. The third-order valence-corrected chi connectivity index (χ3v) is 7.30. The largest absolute Gasteiger partial charge is 0.390 e. The van der Waals surface area contributed by atoms with Gasteiger partial charge in [0.1, 0.15) is 11.9 Å². The number of allylic oxidation sites excluding steroid dienone is 1. The molecule has 0 radical (unpaired) electrons. The molecule has 6 nitrogen and oxygen atoms in total. The van der Waals surface area contributed by atoms with Crippen molar-refractivity contribution in [2.24, 2.45) is 10.1 Å². The minimum absolute atomic E-state index is 0.0451. The fourth-order valence-electron chi connectivity index (χ4n) is 3.48. The highest BCUT2D eigenvalue weighted by atomic mass is 35.5. The van der Waals surface area contributed by atoms with E-state index in [9.17, 15) is 4.79 Å². The van der Waals surface area contributed by atoms with E-state index in [1.807, 2.05) is 6.08 Å². The molecule has 1 aromatic rings. The summed E-state index contributed by atoms with van der Waals surface area (Å²) < 4.78 is -0.0451. The van der Waals surface area contributed by atoms with Crippen molar-refractivity contribution in [3.63, 3.8) is 0 Å². The number of halogens is 1. The van der Waals surface area contributed by atoms with Gasteiger partial charge in [-0.3, -0.25) is 9.79 Å². The zero-order valence-corrected chi connectivity index (χ0v) is 18.7. The second-order valence-electron chi connectivity index (χ2n) is 7.05. The molecule has 0 saturated heterocycles. The van der Waals surface area contributed by atoms with Crippen molar-refractivity contribution in [2.45, 2.75) is 28.6 Å². The quantitative estimate of drug-likeness (QED) is 0.532. The highest BCUT2D eigenvalue weighted by Crippen LogP contribution is 2.34. The third kappa shape index (κ3) is 4.59. The lowest BCUT2D eigenvalue weighted by molar-refractivity contribution is -0.117. The first kappa shape index (κ1) is 20.6. The summed E-state index contributed by atoms with van der Waals surface area (Å²) in [4.78, 5) is 26.4. The third-order valence-electron chi connectivity index (χ3n) is 5.02. The molecule has 2 unspecified atom stereocenters. The van der Waals surface area contributed by atoms with Crippen LogP contribution in [0.1, 0.15) is 24.0 Å². The van der Waals surface area contributed by atoms with Crippen LogP contribution in [0.3, 0.4) is 0 Å². The summed E-state index contributed by atoms with van der Waals surface area (Å²) in [5.41, 5.74) is 3.12. The van der Waals surface area contributed by atoms with E-state index in [1.165, 1.54) is 11.8 Å². The molecule has 0 aromatic heterocycles. The summed E-state index contributed by atoms with van der Waals surface area (Å²) in [7, 11) is 2.07. The normalized spacial score (nSPS) is 23.6. The number of amidine groups is 1. The van der Waals surface area contributed by atoms with Gasteiger partial charge in [-0.15, -0.1) is 35.1 Å². The number of hydrogen-bond acceptors (Lipinski definition) is 7. The Hall–Kier alpha value is -1.64. The fraction of sp³-hybridized carbons (Fsp3) is 0.450. The van der Waals surface area contributed by atoms with Gasteiger partial charge in [-0.2, -0.15) is 0 Å². The fourth-order valence-corrected chi connectivity index (χ4v) is 5.35. The summed E-state index contributed by atoms with van der Waals surface area (Å²) >= 11 is 9.12. The van der Waals surface area contributed by atoms with Crippen LogP contribution in [-0.4, -0.2) is 66.1 Å². The molecule has 0 bridgehead atoms. The number of carbonyl (C=O) groups is 1. The van der Waals surface area contributed by atoms with Gasteiger partial charge in [-0.1, -0.05) is 23.4 Å². The zero-order chi connectivity index (χ0) is 20.4. The molecule has 4 rings (SSSR count). The Morgan fingerprint density at radius 3 is 3.03 bits per heavy atom. The Morgan fingerprint density at radius 2 is 2.34 bits per heavy atom. The average Bonchev–Trinajstić information content (AvgIpc) is 3.47. The van der Waals surface area contributed by atoms with Gasteiger partial charge < -0.3 is 15.1 Å². The summed E-state index contributed by atoms with van der Waals surface area (Å²) in [6, 6.07) is 6.37. The van der Waals surface area contributed by atoms with E-state index < -0.39 is 0 Å². The summed E-state index contributed by atoms with van der Waals surface area (Å²) in [5.74, 6) is 0.945. The van der Waals surface area contributed by atoms with E-state index in [4.69, 9.17) is 16.4 Å². The summed E-state index contributed by atoms with van der Waals surface area (Å²) in [6.45, 7) is 2.22. The first-order valence-electron chi connectivity index (χ1n) is 9.51. The first-order valence-corrected chi connectivity index (χ1v) is 12.1. The van der Waals surface area contributed by atoms with Crippen LogP contribution in [-0.2, 0) is 9.63 Å². The highest BCUT2D eigenvalue weighted by Gasteiger charge is 2.27. The van der Waals surface area contributed by atoms with E-state index in [0.29, 0.717) is 17.9 Å². The summed E-state index contributed by atoms with van der Waals surface area (Å²) in [5, 5.41) is 7.22. The van der Waals surface area contributed by atoms with Crippen LogP contribution >= 0.6 is 35.1 Å². The monoisotopic (exact) mass is 450 g/mol. The van der Waals surface area contributed by atoms with Crippen LogP contribution < -0.4 is 5.32 Å². The topological polar surface area (TPSA) is 66.3 Å². The number of nitrogens with zero attached hydrogens (tertiary/aromatic N) is 3. The molecule has 9 heteroatoms. The van der Waals surface area contributed by atoms with Crippen LogP contribution in [0.2, 0.25) is 0 Å². The Kier molecular flexibility index (Phi) is 6.41. The lowest BCUT2D eigenvalue weighted by Crippen LogP contribution is -2.32. The molecule has 0 saturated carbocycles. The minimum Gasteiger partial charge on any atom is -0.390 e. The molecular formula is C20H23ClN4O2S2. The number of amides is 1. The highest BCUT2D eigenvalue weighted by molar-refractivity contribution is 8.05. The zero-order valence-electron chi connectivity index (χ0n) is 16.4. The second-order valence-corrected chi connectivity index (χ2v) is 9.93. The minimum atomic E-state index is -0.160. The van der Waals surface area contributed by atoms with Crippen LogP contribution in [0.5, 0.6) is 0 Å². The van der Waals surface area contributed by atoms with Crippen LogP contribution in [0.15, 0.2) is 44.2 Å². The van der Waals surface area contributed by atoms with E-state index in [2.05, 4.69) is 51.9 Å². The van der Waals surface area contributed by atoms with Crippen molar-refractivity contribution < 1.29 is 9.63 Å².